The van der Waals surface area contributed by atoms with E-state index in [1.54, 1.807) is 4.90 Å². The van der Waals surface area contributed by atoms with Crippen LogP contribution in [0.4, 0.5) is 8.78 Å². The van der Waals surface area contributed by atoms with Gasteiger partial charge in [-0.25, -0.2) is 8.78 Å². The van der Waals surface area contributed by atoms with E-state index in [0.29, 0.717) is 19.5 Å². The minimum atomic E-state index is -0.561. The monoisotopic (exact) mass is 322 g/mol. The van der Waals surface area contributed by atoms with Crippen LogP contribution in [0.1, 0.15) is 31.2 Å². The number of halogens is 2. The first-order valence-corrected chi connectivity index (χ1v) is 7.90. The maximum atomic E-state index is 13.7. The summed E-state index contributed by atoms with van der Waals surface area (Å²) in [5.41, 5.74) is -0.0405. The smallest absolute Gasteiger partial charge is 0.227 e. The molecule has 4 nitrogen and oxygen atoms in total. The van der Waals surface area contributed by atoms with Gasteiger partial charge in [-0.1, -0.05) is 0 Å². The van der Waals surface area contributed by atoms with E-state index in [-0.39, 0.29) is 29.3 Å². The summed E-state index contributed by atoms with van der Waals surface area (Å²) < 4.78 is 26.8. The van der Waals surface area contributed by atoms with E-state index in [1.807, 2.05) is 11.9 Å². The number of rotatable bonds is 2. The first-order chi connectivity index (χ1) is 10.9. The number of amides is 2. The van der Waals surface area contributed by atoms with Crippen LogP contribution >= 0.6 is 0 Å². The molecule has 0 N–H and O–H groups in total. The van der Waals surface area contributed by atoms with Crippen LogP contribution in [0.3, 0.4) is 0 Å². The minimum absolute atomic E-state index is 0.0865. The van der Waals surface area contributed by atoms with E-state index >= 15 is 0 Å². The van der Waals surface area contributed by atoms with Crippen molar-refractivity contribution in [3.05, 3.63) is 35.4 Å². The highest BCUT2D eigenvalue weighted by atomic mass is 19.1. The Bertz CT molecular complexity index is 639. The lowest BCUT2D eigenvalue weighted by Gasteiger charge is -2.43. The summed E-state index contributed by atoms with van der Waals surface area (Å²) in [6, 6.07) is 3.16. The molecule has 0 saturated carbocycles. The second kappa shape index (κ2) is 5.91. The molecular formula is C17H20F2N2O2. The third-order valence-electron chi connectivity index (χ3n) is 5.29. The largest absolute Gasteiger partial charge is 0.342 e. The minimum Gasteiger partial charge on any atom is -0.342 e. The molecule has 0 atom stereocenters. The molecule has 2 aliphatic heterocycles. The highest BCUT2D eigenvalue weighted by Gasteiger charge is 2.45. The molecule has 2 saturated heterocycles. The number of hydrogen-bond donors (Lipinski definition) is 0. The van der Waals surface area contributed by atoms with Crippen molar-refractivity contribution in [2.45, 2.75) is 37.6 Å². The Morgan fingerprint density at radius 3 is 2.52 bits per heavy atom. The van der Waals surface area contributed by atoms with Crippen LogP contribution in [0.5, 0.6) is 0 Å². The third kappa shape index (κ3) is 2.94. The molecule has 0 aromatic heterocycles. The van der Waals surface area contributed by atoms with Crippen molar-refractivity contribution >= 4 is 11.8 Å². The lowest BCUT2D eigenvalue weighted by Crippen LogP contribution is -2.53. The summed E-state index contributed by atoms with van der Waals surface area (Å²) in [5.74, 6) is -1.14. The number of piperidine rings is 1. The number of nitrogens with zero attached hydrogens (tertiary/aromatic N) is 2. The van der Waals surface area contributed by atoms with Crippen LogP contribution in [0.15, 0.2) is 18.2 Å². The molecule has 6 heteroatoms. The molecule has 0 radical (unpaired) electrons. The SMILES string of the molecule is CN1C(=O)CCC12CCN(C(=O)Cc1cc(F)ccc1F)CC2. The molecule has 23 heavy (non-hydrogen) atoms. The molecule has 124 valence electrons. The fourth-order valence-electron chi connectivity index (χ4n) is 3.65. The fraction of sp³-hybridized carbons (Fsp3) is 0.529. The number of carbonyl (C=O) groups is 2. The van der Waals surface area contributed by atoms with Crippen molar-refractivity contribution < 1.29 is 18.4 Å². The summed E-state index contributed by atoms with van der Waals surface area (Å²) in [5, 5.41) is 0. The van der Waals surface area contributed by atoms with Crippen molar-refractivity contribution in [1.82, 2.24) is 9.80 Å². The zero-order valence-electron chi connectivity index (χ0n) is 13.1. The average Bonchev–Trinajstić information content (AvgIpc) is 2.80. The summed E-state index contributed by atoms with van der Waals surface area (Å²) in [7, 11) is 1.83. The Labute approximate surface area is 134 Å². The van der Waals surface area contributed by atoms with Crippen LogP contribution < -0.4 is 0 Å². The van der Waals surface area contributed by atoms with Crippen LogP contribution in [-0.4, -0.2) is 47.3 Å². The molecule has 1 aromatic carbocycles. The zero-order chi connectivity index (χ0) is 16.6. The highest BCUT2D eigenvalue weighted by molar-refractivity contribution is 5.80. The van der Waals surface area contributed by atoms with E-state index < -0.39 is 11.6 Å². The predicted octanol–water partition coefficient (Wildman–Crippen LogP) is 2.12. The van der Waals surface area contributed by atoms with Crippen LogP contribution in [-0.2, 0) is 16.0 Å². The summed E-state index contributed by atoms with van der Waals surface area (Å²) in [6.45, 7) is 1.10. The van der Waals surface area contributed by atoms with E-state index in [2.05, 4.69) is 0 Å². The average molecular weight is 322 g/mol. The van der Waals surface area contributed by atoms with Gasteiger partial charge in [0.05, 0.1) is 6.42 Å². The van der Waals surface area contributed by atoms with Gasteiger partial charge in [0, 0.05) is 37.7 Å². The van der Waals surface area contributed by atoms with Gasteiger partial charge in [0.15, 0.2) is 0 Å². The Kier molecular flexibility index (Phi) is 4.08. The predicted molar refractivity (Wildman–Crippen MR) is 80.6 cm³/mol. The molecule has 2 heterocycles. The zero-order valence-corrected chi connectivity index (χ0v) is 13.1. The molecule has 1 spiro atoms. The van der Waals surface area contributed by atoms with E-state index in [0.717, 1.165) is 37.5 Å². The topological polar surface area (TPSA) is 40.6 Å². The summed E-state index contributed by atoms with van der Waals surface area (Å²) in [4.78, 5) is 27.6. The van der Waals surface area contributed by atoms with Crippen LogP contribution in [0.25, 0.3) is 0 Å². The van der Waals surface area contributed by atoms with Crippen molar-refractivity contribution in [3.63, 3.8) is 0 Å². The highest BCUT2D eigenvalue weighted by Crippen LogP contribution is 2.37. The Morgan fingerprint density at radius 2 is 1.91 bits per heavy atom. The molecule has 1 aromatic rings. The van der Waals surface area contributed by atoms with Crippen LogP contribution in [0.2, 0.25) is 0 Å². The quantitative estimate of drug-likeness (QED) is 0.837. The molecular weight excluding hydrogens is 302 g/mol. The fourth-order valence-corrected chi connectivity index (χ4v) is 3.65. The van der Waals surface area contributed by atoms with Crippen molar-refractivity contribution in [1.29, 1.82) is 0 Å². The van der Waals surface area contributed by atoms with Crippen molar-refractivity contribution in [3.8, 4) is 0 Å². The number of carbonyl (C=O) groups excluding carboxylic acids is 2. The van der Waals surface area contributed by atoms with E-state index in [9.17, 15) is 18.4 Å². The second-order valence-electron chi connectivity index (χ2n) is 6.47. The number of likely N-dealkylation sites (tertiary alicyclic amines) is 2. The standard InChI is InChI=1S/C17H20F2N2O2/c1-20-15(22)4-5-17(20)6-8-21(9-7-17)16(23)11-12-10-13(18)2-3-14(12)19/h2-3,10H,4-9,11H2,1H3. The lowest BCUT2D eigenvalue weighted by atomic mass is 9.85. The maximum Gasteiger partial charge on any atom is 0.227 e. The first-order valence-electron chi connectivity index (χ1n) is 7.90. The van der Waals surface area contributed by atoms with Gasteiger partial charge in [0.25, 0.3) is 0 Å². The van der Waals surface area contributed by atoms with Crippen molar-refractivity contribution in [2.75, 3.05) is 20.1 Å². The normalized spacial score (nSPS) is 20.4. The molecule has 2 fully saturated rings. The molecule has 0 aliphatic carbocycles. The van der Waals surface area contributed by atoms with Gasteiger partial charge in [-0.3, -0.25) is 9.59 Å². The Balaban J connectivity index is 1.62. The van der Waals surface area contributed by atoms with Crippen molar-refractivity contribution in [2.24, 2.45) is 0 Å². The van der Waals surface area contributed by atoms with Gasteiger partial charge in [0.1, 0.15) is 11.6 Å². The number of benzene rings is 1. The molecule has 2 amide bonds. The summed E-state index contributed by atoms with van der Waals surface area (Å²) in [6.07, 6.45) is 2.76. The first kappa shape index (κ1) is 15.9. The molecule has 0 unspecified atom stereocenters. The van der Waals surface area contributed by atoms with E-state index in [4.69, 9.17) is 0 Å². The Hall–Kier alpha value is -1.98. The lowest BCUT2D eigenvalue weighted by molar-refractivity contribution is -0.135. The third-order valence-corrected chi connectivity index (χ3v) is 5.29. The Morgan fingerprint density at radius 1 is 1.22 bits per heavy atom. The van der Waals surface area contributed by atoms with Gasteiger partial charge < -0.3 is 9.80 Å². The molecule has 2 aliphatic rings. The van der Waals surface area contributed by atoms with Gasteiger partial charge in [-0.2, -0.15) is 0 Å². The van der Waals surface area contributed by atoms with E-state index in [1.165, 1.54) is 0 Å². The van der Waals surface area contributed by atoms with Gasteiger partial charge in [0.2, 0.25) is 11.8 Å². The number of hydrogen-bond acceptors (Lipinski definition) is 2. The second-order valence-corrected chi connectivity index (χ2v) is 6.47. The van der Waals surface area contributed by atoms with Crippen LogP contribution in [0, 0.1) is 11.6 Å². The van der Waals surface area contributed by atoms with Gasteiger partial charge in [-0.05, 0) is 37.5 Å². The van der Waals surface area contributed by atoms with Gasteiger partial charge in [-0.15, -0.1) is 0 Å². The molecule has 0 bridgehead atoms. The van der Waals surface area contributed by atoms with Gasteiger partial charge >= 0.3 is 0 Å². The maximum absolute atomic E-state index is 13.7. The molecule has 3 rings (SSSR count). The summed E-state index contributed by atoms with van der Waals surface area (Å²) >= 11 is 0.